The zero-order chi connectivity index (χ0) is 5.11. The molecule has 1 unspecified atom stereocenters. The van der Waals surface area contributed by atoms with Gasteiger partial charge in [-0.3, -0.25) is 5.26 Å². The third-order valence-electron chi connectivity index (χ3n) is 1.06. The highest BCUT2D eigenvalue weighted by Crippen LogP contribution is 2.05. The third-order valence-corrected chi connectivity index (χ3v) is 1.06. The van der Waals surface area contributed by atoms with Crippen LogP contribution in [-0.2, 0) is 4.89 Å². The minimum Gasteiger partial charge on any atom is -0.250 e. The molecule has 1 aliphatic heterocycles. The molecule has 0 aliphatic carbocycles. The van der Waals surface area contributed by atoms with Crippen molar-refractivity contribution in [2.75, 3.05) is 6.54 Å². The van der Waals surface area contributed by atoms with Crippen molar-refractivity contribution in [3.05, 3.63) is 0 Å². The van der Waals surface area contributed by atoms with Crippen LogP contribution in [0.5, 0.6) is 0 Å². The van der Waals surface area contributed by atoms with Crippen LogP contribution in [0.15, 0.2) is 0 Å². The van der Waals surface area contributed by atoms with Crippen LogP contribution in [0.25, 0.3) is 0 Å². The molecule has 1 N–H and O–H groups in total. The molecule has 0 bridgehead atoms. The molecule has 1 fully saturated rings. The van der Waals surface area contributed by atoms with Crippen LogP contribution in [-0.4, -0.2) is 18.0 Å². The molecule has 1 atom stereocenters. The van der Waals surface area contributed by atoms with E-state index >= 15 is 0 Å². The summed E-state index contributed by atoms with van der Waals surface area (Å²) in [6, 6.07) is 0. The van der Waals surface area contributed by atoms with Gasteiger partial charge in [0.2, 0.25) is 0 Å². The van der Waals surface area contributed by atoms with Crippen LogP contribution in [0.4, 0.5) is 0 Å². The smallest absolute Gasteiger partial charge is 0.158 e. The van der Waals surface area contributed by atoms with E-state index in [1.54, 1.807) is 0 Å². The van der Waals surface area contributed by atoms with Crippen LogP contribution in [0.1, 0.15) is 12.8 Å². The Morgan fingerprint density at radius 2 is 2.57 bits per heavy atom. The van der Waals surface area contributed by atoms with Gasteiger partial charge < -0.3 is 0 Å². The SMILES string of the molecule is OOC1CCC[N]1. The maximum Gasteiger partial charge on any atom is 0.158 e. The summed E-state index contributed by atoms with van der Waals surface area (Å²) < 4.78 is 0. The Hall–Kier alpha value is -0.120. The van der Waals surface area contributed by atoms with Gasteiger partial charge in [-0.25, -0.2) is 10.2 Å². The van der Waals surface area contributed by atoms with Crippen LogP contribution < -0.4 is 5.32 Å². The molecule has 1 rings (SSSR count). The Kier molecular flexibility index (Phi) is 1.62. The van der Waals surface area contributed by atoms with Gasteiger partial charge in [-0.2, -0.15) is 0 Å². The summed E-state index contributed by atoms with van der Waals surface area (Å²) in [6.45, 7) is 0.839. The summed E-state index contributed by atoms with van der Waals surface area (Å²) in [4.78, 5) is 3.94. The molecule has 0 aromatic rings. The van der Waals surface area contributed by atoms with Gasteiger partial charge in [-0.15, -0.1) is 0 Å². The van der Waals surface area contributed by atoms with E-state index in [1.165, 1.54) is 0 Å². The molecule has 3 heteroatoms. The van der Waals surface area contributed by atoms with Crippen LogP contribution >= 0.6 is 0 Å². The molecular weight excluding hydrogens is 94.0 g/mol. The van der Waals surface area contributed by atoms with Crippen LogP contribution in [0.2, 0.25) is 0 Å². The van der Waals surface area contributed by atoms with E-state index in [1.807, 2.05) is 0 Å². The summed E-state index contributed by atoms with van der Waals surface area (Å²) in [6.07, 6.45) is 1.70. The third kappa shape index (κ3) is 1.12. The highest BCUT2D eigenvalue weighted by Gasteiger charge is 2.14. The highest BCUT2D eigenvalue weighted by atomic mass is 17.1. The summed E-state index contributed by atoms with van der Waals surface area (Å²) in [5.74, 6) is 0. The average Bonchev–Trinajstić information content (AvgIpc) is 2.14. The molecule has 41 valence electrons. The van der Waals surface area contributed by atoms with Gasteiger partial charge in [0.1, 0.15) is 0 Å². The quantitative estimate of drug-likeness (QED) is 0.379. The van der Waals surface area contributed by atoms with Crippen molar-refractivity contribution < 1.29 is 10.1 Å². The average molecular weight is 102 g/mol. The first-order valence-corrected chi connectivity index (χ1v) is 2.40. The fourth-order valence-corrected chi connectivity index (χ4v) is 0.679. The lowest BCUT2D eigenvalue weighted by atomic mass is 10.4. The predicted octanol–water partition coefficient (Wildman–Crippen LogP) is 0.200. The lowest BCUT2D eigenvalue weighted by Crippen LogP contribution is -2.15. The minimum atomic E-state index is -0.222. The number of hydrogen-bond acceptors (Lipinski definition) is 2. The second kappa shape index (κ2) is 2.26. The second-order valence-electron chi connectivity index (χ2n) is 1.61. The lowest BCUT2D eigenvalue weighted by molar-refractivity contribution is -0.282. The van der Waals surface area contributed by atoms with Gasteiger partial charge in [0, 0.05) is 6.54 Å². The van der Waals surface area contributed by atoms with Gasteiger partial charge in [-0.1, -0.05) is 0 Å². The van der Waals surface area contributed by atoms with Gasteiger partial charge in [0.15, 0.2) is 6.23 Å². The van der Waals surface area contributed by atoms with Crippen molar-refractivity contribution in [2.24, 2.45) is 0 Å². The molecule has 0 amide bonds. The number of rotatable bonds is 1. The topological polar surface area (TPSA) is 43.6 Å². The van der Waals surface area contributed by atoms with E-state index in [-0.39, 0.29) is 6.23 Å². The lowest BCUT2D eigenvalue weighted by Gasteiger charge is -1.99. The van der Waals surface area contributed by atoms with E-state index < -0.39 is 0 Å². The minimum absolute atomic E-state index is 0.222. The summed E-state index contributed by atoms with van der Waals surface area (Å²) in [7, 11) is 0. The monoisotopic (exact) mass is 102 g/mol. The Morgan fingerprint density at radius 3 is 2.86 bits per heavy atom. The van der Waals surface area contributed by atoms with E-state index in [2.05, 4.69) is 10.2 Å². The number of hydrogen-bond donors (Lipinski definition) is 1. The molecule has 1 saturated heterocycles. The van der Waals surface area contributed by atoms with Gasteiger partial charge in [0.05, 0.1) is 0 Å². The van der Waals surface area contributed by atoms with Crippen LogP contribution in [0.3, 0.4) is 0 Å². The summed E-state index contributed by atoms with van der Waals surface area (Å²) >= 11 is 0. The maximum atomic E-state index is 7.97. The van der Waals surface area contributed by atoms with Gasteiger partial charge in [-0.05, 0) is 12.8 Å². The highest BCUT2D eigenvalue weighted by molar-refractivity contribution is 4.62. The molecule has 0 spiro atoms. The molecule has 1 radical (unpaired) electrons. The van der Waals surface area contributed by atoms with Crippen molar-refractivity contribution in [3.63, 3.8) is 0 Å². The maximum absolute atomic E-state index is 7.97. The largest absolute Gasteiger partial charge is 0.250 e. The Morgan fingerprint density at radius 1 is 1.71 bits per heavy atom. The van der Waals surface area contributed by atoms with E-state index in [9.17, 15) is 0 Å². The molecule has 0 aromatic heterocycles. The van der Waals surface area contributed by atoms with E-state index in [0.717, 1.165) is 19.4 Å². The van der Waals surface area contributed by atoms with Crippen molar-refractivity contribution in [3.8, 4) is 0 Å². The van der Waals surface area contributed by atoms with Crippen molar-refractivity contribution in [1.29, 1.82) is 0 Å². The van der Waals surface area contributed by atoms with Crippen molar-refractivity contribution >= 4 is 0 Å². The fourth-order valence-electron chi connectivity index (χ4n) is 0.679. The predicted molar refractivity (Wildman–Crippen MR) is 23.7 cm³/mol. The first-order valence-electron chi connectivity index (χ1n) is 2.40. The van der Waals surface area contributed by atoms with Crippen LogP contribution in [0, 0.1) is 0 Å². The van der Waals surface area contributed by atoms with Gasteiger partial charge in [0.25, 0.3) is 0 Å². The van der Waals surface area contributed by atoms with E-state index in [0.29, 0.717) is 0 Å². The summed E-state index contributed by atoms with van der Waals surface area (Å²) in [5.41, 5.74) is 0. The molecule has 3 nitrogen and oxygen atoms in total. The zero-order valence-electron chi connectivity index (χ0n) is 4.00. The normalized spacial score (nSPS) is 31.3. The number of nitrogens with zero attached hydrogens (tertiary/aromatic N) is 1. The second-order valence-corrected chi connectivity index (χ2v) is 1.61. The molecule has 0 saturated carbocycles. The van der Waals surface area contributed by atoms with Crippen molar-refractivity contribution in [1.82, 2.24) is 5.32 Å². The molecular formula is C4H8NO2. The Bertz CT molecular complexity index is 51.7. The Balaban J connectivity index is 2.14. The van der Waals surface area contributed by atoms with Crippen molar-refractivity contribution in [2.45, 2.75) is 19.1 Å². The first kappa shape index (κ1) is 5.03. The standard InChI is InChI=1S/C4H8NO2/c6-7-4-2-1-3-5-4/h4,6H,1-3H2. The molecule has 1 heterocycles. The zero-order valence-corrected chi connectivity index (χ0v) is 4.00. The summed E-state index contributed by atoms with van der Waals surface area (Å²) in [5, 5.41) is 11.9. The molecule has 1 aliphatic rings. The van der Waals surface area contributed by atoms with Gasteiger partial charge >= 0.3 is 0 Å². The van der Waals surface area contributed by atoms with E-state index in [4.69, 9.17) is 5.26 Å². The first-order chi connectivity index (χ1) is 3.43. The molecule has 0 aromatic carbocycles. The fraction of sp³-hybridized carbons (Fsp3) is 1.00. The molecule has 7 heavy (non-hydrogen) atoms. The Labute approximate surface area is 42.2 Å².